The molecule has 3 aromatic rings. The number of fused-ring (bicyclic) bond motifs is 1. The minimum absolute atomic E-state index is 0.0169. The minimum atomic E-state index is 0.0169. The molecule has 3 aromatic heterocycles. The normalized spacial score (nSPS) is 16.2. The number of pyridine rings is 2. The van der Waals surface area contributed by atoms with Gasteiger partial charge in [0.1, 0.15) is 0 Å². The van der Waals surface area contributed by atoms with Gasteiger partial charge in [-0.3, -0.25) is 9.78 Å². The predicted octanol–water partition coefficient (Wildman–Crippen LogP) is 3.20. The van der Waals surface area contributed by atoms with Crippen LogP contribution in [0.15, 0.2) is 34.9 Å². The van der Waals surface area contributed by atoms with Crippen LogP contribution < -0.4 is 10.2 Å². The van der Waals surface area contributed by atoms with Crippen LogP contribution in [0.4, 0.5) is 6.01 Å². The Labute approximate surface area is 170 Å². The molecule has 29 heavy (non-hydrogen) atoms. The molecular weight excluding hydrogens is 366 g/mol. The van der Waals surface area contributed by atoms with E-state index >= 15 is 0 Å². The molecule has 1 saturated heterocycles. The number of amides is 1. The third-order valence-corrected chi connectivity index (χ3v) is 5.52. The summed E-state index contributed by atoms with van der Waals surface area (Å²) in [6.45, 7) is 7.52. The van der Waals surface area contributed by atoms with Gasteiger partial charge in [0.15, 0.2) is 5.58 Å². The van der Waals surface area contributed by atoms with E-state index in [-0.39, 0.29) is 17.9 Å². The summed E-state index contributed by atoms with van der Waals surface area (Å²) < 4.78 is 5.85. The van der Waals surface area contributed by atoms with Crippen LogP contribution in [0.2, 0.25) is 0 Å². The molecule has 7 nitrogen and oxygen atoms in total. The fourth-order valence-corrected chi connectivity index (χ4v) is 3.80. The lowest BCUT2D eigenvalue weighted by atomic mass is 9.95. The summed E-state index contributed by atoms with van der Waals surface area (Å²) in [6.07, 6.45) is 4.11. The zero-order chi connectivity index (χ0) is 20.4. The van der Waals surface area contributed by atoms with Crippen LogP contribution >= 0.6 is 0 Å². The maximum atomic E-state index is 12.7. The number of rotatable bonds is 5. The van der Waals surface area contributed by atoms with Crippen molar-refractivity contribution in [1.82, 2.24) is 20.3 Å². The number of carbonyl (C=O) groups is 1. The molecule has 1 unspecified atom stereocenters. The number of hydrogen-bond donors (Lipinski definition) is 1. The molecule has 0 bridgehead atoms. The molecule has 1 N–H and O–H groups in total. The monoisotopic (exact) mass is 393 g/mol. The fourth-order valence-electron chi connectivity index (χ4n) is 3.80. The van der Waals surface area contributed by atoms with Crippen molar-refractivity contribution < 1.29 is 9.21 Å². The molecule has 0 spiro atoms. The van der Waals surface area contributed by atoms with E-state index < -0.39 is 0 Å². The van der Waals surface area contributed by atoms with Gasteiger partial charge in [0.05, 0.1) is 0 Å². The number of anilines is 1. The molecule has 1 amide bonds. The maximum Gasteiger partial charge on any atom is 0.299 e. The lowest BCUT2D eigenvalue weighted by Crippen LogP contribution is -2.43. The number of aryl methyl sites for hydroxylation is 2. The van der Waals surface area contributed by atoms with E-state index in [1.807, 2.05) is 32.0 Å². The van der Waals surface area contributed by atoms with Crippen LogP contribution in [0.1, 0.15) is 36.7 Å². The zero-order valence-corrected chi connectivity index (χ0v) is 17.2. The quantitative estimate of drug-likeness (QED) is 0.717. The standard InChI is InChI=1S/C22H27N5O2/c1-14-5-4-10-23-18(14)13-16(3)25-21(28)17-8-11-27(12-9-17)22-26-20-19(29-22)7-6-15(2)24-20/h4-7,10,16-17H,8-9,11-13H2,1-3H3,(H,25,28). The number of hydrogen-bond acceptors (Lipinski definition) is 6. The van der Waals surface area contributed by atoms with Crippen molar-refractivity contribution in [2.75, 3.05) is 18.0 Å². The van der Waals surface area contributed by atoms with Crippen LogP contribution in [0, 0.1) is 19.8 Å². The zero-order valence-electron chi connectivity index (χ0n) is 17.2. The second-order valence-electron chi connectivity index (χ2n) is 7.91. The highest BCUT2D eigenvalue weighted by atomic mass is 16.4. The Balaban J connectivity index is 1.31. The summed E-state index contributed by atoms with van der Waals surface area (Å²) in [5.74, 6) is 0.142. The SMILES string of the molecule is Cc1ccc2oc(N3CCC(C(=O)NC(C)Cc4ncccc4C)CC3)nc2n1. The van der Waals surface area contributed by atoms with Crippen LogP contribution in [0.5, 0.6) is 0 Å². The largest absolute Gasteiger partial charge is 0.422 e. The van der Waals surface area contributed by atoms with Crippen molar-refractivity contribution in [2.24, 2.45) is 5.92 Å². The molecule has 0 aliphatic carbocycles. The fraction of sp³-hybridized carbons (Fsp3) is 0.455. The second kappa shape index (κ2) is 8.19. The Morgan fingerprint density at radius 2 is 2.03 bits per heavy atom. The molecule has 0 aromatic carbocycles. The predicted molar refractivity (Wildman–Crippen MR) is 112 cm³/mol. The maximum absolute atomic E-state index is 12.7. The molecule has 152 valence electrons. The van der Waals surface area contributed by atoms with Gasteiger partial charge in [0, 0.05) is 49.1 Å². The molecule has 0 radical (unpaired) electrons. The highest BCUT2D eigenvalue weighted by molar-refractivity contribution is 5.79. The molecule has 7 heteroatoms. The summed E-state index contributed by atoms with van der Waals surface area (Å²) in [6, 6.07) is 8.46. The summed E-state index contributed by atoms with van der Waals surface area (Å²) in [7, 11) is 0. The van der Waals surface area contributed by atoms with Gasteiger partial charge in [-0.2, -0.15) is 4.98 Å². The van der Waals surface area contributed by atoms with E-state index in [0.29, 0.717) is 17.2 Å². The highest BCUT2D eigenvalue weighted by Gasteiger charge is 2.28. The van der Waals surface area contributed by atoms with E-state index in [1.54, 1.807) is 6.20 Å². The Bertz CT molecular complexity index is 1010. The number of nitrogens with zero attached hydrogens (tertiary/aromatic N) is 4. The van der Waals surface area contributed by atoms with Crippen LogP contribution in [-0.2, 0) is 11.2 Å². The summed E-state index contributed by atoms with van der Waals surface area (Å²) in [5, 5.41) is 3.16. The van der Waals surface area contributed by atoms with Gasteiger partial charge in [-0.25, -0.2) is 4.98 Å². The Kier molecular flexibility index (Phi) is 5.47. The van der Waals surface area contributed by atoms with Gasteiger partial charge in [0.25, 0.3) is 6.01 Å². The molecule has 4 rings (SSSR count). The number of carbonyl (C=O) groups excluding carboxylic acids is 1. The van der Waals surface area contributed by atoms with Gasteiger partial charge in [0.2, 0.25) is 11.6 Å². The first kappa shape index (κ1) is 19.4. The molecule has 1 aliphatic heterocycles. The molecule has 4 heterocycles. The van der Waals surface area contributed by atoms with Crippen molar-refractivity contribution in [3.63, 3.8) is 0 Å². The highest BCUT2D eigenvalue weighted by Crippen LogP contribution is 2.26. The number of aromatic nitrogens is 3. The van der Waals surface area contributed by atoms with E-state index in [1.165, 1.54) is 0 Å². The molecule has 1 aliphatic rings. The summed E-state index contributed by atoms with van der Waals surface area (Å²) in [4.78, 5) is 28.1. The summed E-state index contributed by atoms with van der Waals surface area (Å²) >= 11 is 0. The summed E-state index contributed by atoms with van der Waals surface area (Å²) in [5.41, 5.74) is 4.45. The first-order chi connectivity index (χ1) is 14.0. The smallest absolute Gasteiger partial charge is 0.299 e. The molecule has 1 fully saturated rings. The molecule has 1 atom stereocenters. The van der Waals surface area contributed by atoms with E-state index in [2.05, 4.69) is 38.2 Å². The van der Waals surface area contributed by atoms with Crippen molar-refractivity contribution in [2.45, 2.75) is 46.1 Å². The third-order valence-electron chi connectivity index (χ3n) is 5.52. The topological polar surface area (TPSA) is 84.2 Å². The van der Waals surface area contributed by atoms with Crippen LogP contribution in [-0.4, -0.2) is 40.0 Å². The van der Waals surface area contributed by atoms with Gasteiger partial charge >= 0.3 is 0 Å². The Morgan fingerprint density at radius 1 is 1.24 bits per heavy atom. The number of nitrogens with one attached hydrogen (secondary N) is 1. The molecular formula is C22H27N5O2. The minimum Gasteiger partial charge on any atom is -0.422 e. The van der Waals surface area contributed by atoms with Crippen LogP contribution in [0.25, 0.3) is 11.2 Å². The van der Waals surface area contributed by atoms with E-state index in [4.69, 9.17) is 4.42 Å². The van der Waals surface area contributed by atoms with Crippen LogP contribution in [0.3, 0.4) is 0 Å². The number of piperidine rings is 1. The van der Waals surface area contributed by atoms with Gasteiger partial charge < -0.3 is 14.6 Å². The third kappa shape index (κ3) is 4.39. The lowest BCUT2D eigenvalue weighted by molar-refractivity contribution is -0.126. The van der Waals surface area contributed by atoms with Crippen molar-refractivity contribution in [1.29, 1.82) is 0 Å². The van der Waals surface area contributed by atoms with Gasteiger partial charge in [-0.1, -0.05) is 6.07 Å². The average Bonchev–Trinajstić information content (AvgIpc) is 3.13. The first-order valence-corrected chi connectivity index (χ1v) is 10.2. The van der Waals surface area contributed by atoms with E-state index in [0.717, 1.165) is 49.3 Å². The van der Waals surface area contributed by atoms with Crippen molar-refractivity contribution >= 4 is 23.2 Å². The van der Waals surface area contributed by atoms with Gasteiger partial charge in [-0.15, -0.1) is 0 Å². The second-order valence-corrected chi connectivity index (χ2v) is 7.91. The van der Waals surface area contributed by atoms with E-state index in [9.17, 15) is 4.79 Å². The van der Waals surface area contributed by atoms with Gasteiger partial charge in [-0.05, 0) is 57.4 Å². The lowest BCUT2D eigenvalue weighted by Gasteiger charge is -2.30. The molecule has 0 saturated carbocycles. The Morgan fingerprint density at radius 3 is 2.79 bits per heavy atom. The van der Waals surface area contributed by atoms with Crippen molar-refractivity contribution in [3.8, 4) is 0 Å². The number of oxazole rings is 1. The first-order valence-electron chi connectivity index (χ1n) is 10.2. The van der Waals surface area contributed by atoms with Crippen molar-refractivity contribution in [3.05, 3.63) is 47.4 Å². The average molecular weight is 393 g/mol. The Hall–Kier alpha value is -2.96.